The number of aliphatic hydroxyl groups excluding tert-OH is 2. The summed E-state index contributed by atoms with van der Waals surface area (Å²) in [6, 6.07) is 20.7. The van der Waals surface area contributed by atoms with E-state index in [4.69, 9.17) is 14.6 Å². The number of alkyl halides is 3. The topological polar surface area (TPSA) is 134 Å². The molecule has 2 heterocycles. The van der Waals surface area contributed by atoms with Crippen molar-refractivity contribution in [2.24, 2.45) is 0 Å². The van der Waals surface area contributed by atoms with Crippen molar-refractivity contribution in [2.45, 2.75) is 24.6 Å². The fourth-order valence-corrected chi connectivity index (χ4v) is 5.83. The summed E-state index contributed by atoms with van der Waals surface area (Å²) in [5, 5.41) is 47.3. The van der Waals surface area contributed by atoms with Crippen LogP contribution in [0, 0.1) is 34.0 Å². The summed E-state index contributed by atoms with van der Waals surface area (Å²) in [6.45, 7) is 0.893. The van der Waals surface area contributed by atoms with Crippen molar-refractivity contribution in [2.75, 3.05) is 38.3 Å². The lowest BCUT2D eigenvalue weighted by Crippen LogP contribution is -2.43. The van der Waals surface area contributed by atoms with Crippen LogP contribution in [0.3, 0.4) is 0 Å². The molecule has 1 aliphatic rings. The first-order valence-electron chi connectivity index (χ1n) is 14.8. The fourth-order valence-electron chi connectivity index (χ4n) is 5.02. The van der Waals surface area contributed by atoms with Gasteiger partial charge in [-0.2, -0.15) is 29.0 Å². The van der Waals surface area contributed by atoms with Crippen LogP contribution in [-0.4, -0.2) is 49.8 Å². The van der Waals surface area contributed by atoms with Gasteiger partial charge in [-0.05, 0) is 55.3 Å². The number of anilines is 1. The van der Waals surface area contributed by atoms with Crippen molar-refractivity contribution in [3.8, 4) is 24.0 Å². The van der Waals surface area contributed by atoms with Crippen LogP contribution in [0.1, 0.15) is 33.7 Å². The highest BCUT2D eigenvalue weighted by Gasteiger charge is 2.65. The largest absolute Gasteiger partial charge is 0.493 e. The molecule has 0 spiro atoms. The maximum absolute atomic E-state index is 15.0. The first-order chi connectivity index (χ1) is 23.1. The number of rotatable bonds is 13. The number of likely N-dealkylation sites (N-methyl/N-ethyl adjacent to an activating group) is 1. The molecular weight excluding hydrogens is 641 g/mol. The molecule has 3 aromatic rings. The number of hydrogen-bond donors (Lipinski definition) is 2. The van der Waals surface area contributed by atoms with Crippen molar-refractivity contribution >= 4 is 35.3 Å². The van der Waals surface area contributed by atoms with E-state index in [0.29, 0.717) is 36.6 Å². The summed E-state index contributed by atoms with van der Waals surface area (Å²) in [5.41, 5.74) is -3.65. The second kappa shape index (κ2) is 16.0. The van der Waals surface area contributed by atoms with Gasteiger partial charge in [-0.15, -0.1) is 11.3 Å². The molecule has 1 aromatic heterocycles. The van der Waals surface area contributed by atoms with Gasteiger partial charge < -0.3 is 24.6 Å². The average Bonchev–Trinajstić information content (AvgIpc) is 3.68. The van der Waals surface area contributed by atoms with Gasteiger partial charge in [0.05, 0.1) is 13.2 Å². The highest BCUT2D eigenvalue weighted by molar-refractivity contribution is 7.13. The summed E-state index contributed by atoms with van der Waals surface area (Å²) in [7, 11) is 1.85. The SMILES string of the molecule is CN(CCO)c1ccc(/C=C/c2ccc(/C=C/C3=C(C#N)C(=C(C#N)C#N)OC3(c3ccccc3)C(F)(F)F)s2)c(OCCCCO)c1. The molecule has 1 aliphatic heterocycles. The number of aliphatic hydroxyl groups is 2. The molecule has 0 saturated heterocycles. The third-order valence-electron chi connectivity index (χ3n) is 7.45. The number of nitrogens with zero attached hydrogens (tertiary/aromatic N) is 4. The van der Waals surface area contributed by atoms with E-state index in [9.17, 15) is 20.9 Å². The monoisotopic (exact) mass is 672 g/mol. The Morgan fingerprint density at radius 3 is 2.23 bits per heavy atom. The van der Waals surface area contributed by atoms with Crippen LogP contribution in [0.25, 0.3) is 18.2 Å². The first-order valence-corrected chi connectivity index (χ1v) is 15.6. The number of allylic oxidation sites excluding steroid dienone is 2. The molecule has 0 fully saturated rings. The Bertz CT molecular complexity index is 1840. The summed E-state index contributed by atoms with van der Waals surface area (Å²) < 4.78 is 56.5. The smallest absolute Gasteiger partial charge is 0.437 e. The van der Waals surface area contributed by atoms with Crippen molar-refractivity contribution in [1.29, 1.82) is 15.8 Å². The van der Waals surface area contributed by atoms with E-state index in [0.717, 1.165) is 22.2 Å². The predicted octanol–water partition coefficient (Wildman–Crippen LogP) is 7.12. The second-order valence-corrected chi connectivity index (χ2v) is 11.7. The Labute approximate surface area is 280 Å². The van der Waals surface area contributed by atoms with E-state index >= 15 is 13.2 Å². The zero-order valence-electron chi connectivity index (χ0n) is 25.9. The van der Waals surface area contributed by atoms with E-state index < -0.39 is 34.3 Å². The van der Waals surface area contributed by atoms with Gasteiger partial charge in [0.1, 0.15) is 29.5 Å². The van der Waals surface area contributed by atoms with Crippen molar-refractivity contribution in [3.05, 3.63) is 110 Å². The lowest BCUT2D eigenvalue weighted by atomic mass is 9.84. The fraction of sp³-hybridized carbons (Fsp3) is 0.250. The molecule has 2 N–H and O–H groups in total. The van der Waals surface area contributed by atoms with E-state index in [1.165, 1.54) is 59.9 Å². The van der Waals surface area contributed by atoms with Crippen LogP contribution in [0.4, 0.5) is 18.9 Å². The molecule has 0 radical (unpaired) electrons. The average molecular weight is 673 g/mol. The number of hydrogen-bond acceptors (Lipinski definition) is 9. The number of benzene rings is 2. The van der Waals surface area contributed by atoms with Gasteiger partial charge in [0.25, 0.3) is 5.60 Å². The van der Waals surface area contributed by atoms with Gasteiger partial charge in [0, 0.05) is 58.4 Å². The van der Waals surface area contributed by atoms with Crippen molar-refractivity contribution in [3.63, 3.8) is 0 Å². The molecule has 1 atom stereocenters. The minimum absolute atomic E-state index is 0.00971. The zero-order valence-corrected chi connectivity index (χ0v) is 26.7. The third-order valence-corrected chi connectivity index (χ3v) is 8.46. The molecule has 8 nitrogen and oxygen atoms in total. The predicted molar refractivity (Wildman–Crippen MR) is 177 cm³/mol. The number of thiophene rings is 1. The van der Waals surface area contributed by atoms with Crippen molar-refractivity contribution in [1.82, 2.24) is 0 Å². The molecular formula is C36H31F3N4O4S. The molecule has 2 aromatic carbocycles. The summed E-state index contributed by atoms with van der Waals surface area (Å²) in [5.74, 6) is -0.108. The van der Waals surface area contributed by atoms with Gasteiger partial charge in [-0.3, -0.25) is 0 Å². The standard InChI is InChI=1S/C36H31F3N4O4S/c1-43(17-19-45)28-11-9-25(33(21-28)46-20-6-5-18-44)10-12-29-13-14-30(48-29)15-16-32-31(24-42)34(26(22-40)23-41)47-35(32,36(37,38)39)27-7-3-2-4-8-27/h2-4,7-16,21,44-45H,5-6,17-20H2,1H3/b12-10+,16-15+. The number of unbranched alkanes of at least 4 members (excludes halogenated alkanes) is 1. The van der Waals surface area contributed by atoms with Gasteiger partial charge in [0.2, 0.25) is 0 Å². The Kier molecular flexibility index (Phi) is 11.8. The van der Waals surface area contributed by atoms with Gasteiger partial charge in [-0.1, -0.05) is 36.4 Å². The van der Waals surface area contributed by atoms with E-state index in [-0.39, 0.29) is 18.8 Å². The van der Waals surface area contributed by atoms with E-state index in [1.54, 1.807) is 18.2 Å². The molecule has 1 unspecified atom stereocenters. The zero-order chi connectivity index (χ0) is 34.7. The lowest BCUT2D eigenvalue weighted by molar-refractivity contribution is -0.249. The van der Waals surface area contributed by atoms with Crippen LogP contribution in [0.5, 0.6) is 5.75 Å². The Hall–Kier alpha value is -5.32. The van der Waals surface area contributed by atoms with Gasteiger partial charge in [0.15, 0.2) is 11.3 Å². The number of halogens is 3. The second-order valence-electron chi connectivity index (χ2n) is 10.5. The molecule has 48 heavy (non-hydrogen) atoms. The van der Waals surface area contributed by atoms with Crippen LogP contribution in [-0.2, 0) is 10.3 Å². The molecule has 4 rings (SSSR count). The lowest BCUT2D eigenvalue weighted by Gasteiger charge is -2.33. The van der Waals surface area contributed by atoms with Crippen LogP contribution in [0.2, 0.25) is 0 Å². The van der Waals surface area contributed by atoms with E-state index in [1.807, 2.05) is 42.3 Å². The van der Waals surface area contributed by atoms with E-state index in [2.05, 4.69) is 0 Å². The van der Waals surface area contributed by atoms with Crippen LogP contribution >= 0.6 is 11.3 Å². The number of ether oxygens (including phenoxy) is 2. The molecule has 246 valence electrons. The Morgan fingerprint density at radius 1 is 0.938 bits per heavy atom. The third kappa shape index (κ3) is 7.62. The molecule has 0 bridgehead atoms. The summed E-state index contributed by atoms with van der Waals surface area (Å²) >= 11 is 1.29. The Morgan fingerprint density at radius 2 is 1.62 bits per heavy atom. The van der Waals surface area contributed by atoms with Crippen molar-refractivity contribution < 1.29 is 32.9 Å². The minimum atomic E-state index is -5.07. The highest BCUT2D eigenvalue weighted by atomic mass is 32.1. The quantitative estimate of drug-likeness (QED) is 0.145. The first kappa shape index (κ1) is 35.5. The summed E-state index contributed by atoms with van der Waals surface area (Å²) in [6.07, 6.45) is 2.47. The van der Waals surface area contributed by atoms with Crippen LogP contribution < -0.4 is 9.64 Å². The molecule has 12 heteroatoms. The molecule has 0 saturated carbocycles. The van der Waals surface area contributed by atoms with Crippen LogP contribution in [0.15, 0.2) is 89.2 Å². The number of nitriles is 3. The molecule has 0 amide bonds. The van der Waals surface area contributed by atoms with Gasteiger partial charge >= 0.3 is 6.18 Å². The van der Waals surface area contributed by atoms with Gasteiger partial charge in [-0.25, -0.2) is 0 Å². The Balaban J connectivity index is 1.71. The normalized spacial score (nSPS) is 16.1. The molecule has 0 aliphatic carbocycles. The summed E-state index contributed by atoms with van der Waals surface area (Å²) in [4.78, 5) is 3.24. The maximum Gasteiger partial charge on any atom is 0.437 e. The maximum atomic E-state index is 15.0. The highest BCUT2D eigenvalue weighted by Crippen LogP contribution is 2.56. The minimum Gasteiger partial charge on any atom is -0.493 e.